The molecule has 5 amide bonds. The molecule has 19 heteroatoms. The summed E-state index contributed by atoms with van der Waals surface area (Å²) in [5.74, 6) is -1.36. The number of aliphatic hydroxyl groups excluding tert-OH is 2. The molecule has 0 unspecified atom stereocenters. The van der Waals surface area contributed by atoms with Crippen LogP contribution in [0, 0.1) is 24.7 Å². The van der Waals surface area contributed by atoms with E-state index in [0.717, 1.165) is 43.4 Å². The standard InChI is InChI=1S/C27H38N4O5S.C22H30N4O3S.ClH/c1-16-21(37-15-29-16)18-10-8-17(9-11-18)13-28-23(33)20-12-19(32)14-31(20)24(34)22(26(2,3)4)30-25(35)36-27(5,6)7;1-13-18(30-12-25-13)15-7-5-14(6-8-15)10-24-20(28)17-9-16(27)11-26(17)21(29)19(23)22(2,3)4;/h8-11,15,19-20,22,32H,12-14H2,1-7H3,(H,28,33)(H,30,35);5-8,12,16-17,19,27H,9-11,23H2,1-4H3,(H,24,28);1H/t19-,20+,22-;16-,17+,19-;/m11./s1. The van der Waals surface area contributed by atoms with Crippen LogP contribution in [-0.4, -0.2) is 115 Å². The number of halogens is 1. The van der Waals surface area contributed by atoms with E-state index in [9.17, 15) is 34.2 Å². The molecular weight excluding hydrogens is 928 g/mol. The van der Waals surface area contributed by atoms with Crippen LogP contribution < -0.4 is 21.7 Å². The molecule has 7 N–H and O–H groups in total. The lowest BCUT2D eigenvalue weighted by Gasteiger charge is -2.35. The van der Waals surface area contributed by atoms with Gasteiger partial charge >= 0.3 is 6.09 Å². The molecule has 0 aliphatic carbocycles. The van der Waals surface area contributed by atoms with Crippen LogP contribution in [0.3, 0.4) is 0 Å². The van der Waals surface area contributed by atoms with Gasteiger partial charge in [-0.15, -0.1) is 35.1 Å². The first-order chi connectivity index (χ1) is 31.2. The van der Waals surface area contributed by atoms with Crippen LogP contribution in [0.15, 0.2) is 59.6 Å². The maximum atomic E-state index is 13.6. The quantitative estimate of drug-likeness (QED) is 0.100. The normalized spacial score (nSPS) is 19.2. The third kappa shape index (κ3) is 14.8. The first kappa shape index (κ1) is 55.6. The molecule has 16 nitrogen and oxygen atoms in total. The summed E-state index contributed by atoms with van der Waals surface area (Å²) in [6, 6.07) is 12.6. The Morgan fingerprint density at radius 1 is 0.691 bits per heavy atom. The van der Waals surface area contributed by atoms with Crippen molar-refractivity contribution in [2.24, 2.45) is 16.6 Å². The number of nitrogens with zero attached hydrogens (tertiary/aromatic N) is 4. The molecule has 2 saturated heterocycles. The topological polar surface area (TPSA) is 229 Å². The van der Waals surface area contributed by atoms with Gasteiger partial charge in [-0.3, -0.25) is 19.2 Å². The summed E-state index contributed by atoms with van der Waals surface area (Å²) in [5.41, 5.74) is 13.9. The van der Waals surface area contributed by atoms with Crippen LogP contribution in [0.4, 0.5) is 4.79 Å². The summed E-state index contributed by atoms with van der Waals surface area (Å²) in [6.07, 6.45) is -1.91. The number of alkyl carbamates (subject to hydrolysis) is 1. The molecule has 6 rings (SSSR count). The van der Waals surface area contributed by atoms with E-state index >= 15 is 0 Å². The van der Waals surface area contributed by atoms with E-state index in [1.54, 1.807) is 43.4 Å². The summed E-state index contributed by atoms with van der Waals surface area (Å²) in [7, 11) is 0. The van der Waals surface area contributed by atoms with Crippen molar-refractivity contribution in [3.8, 4) is 20.9 Å². The highest BCUT2D eigenvalue weighted by molar-refractivity contribution is 7.13. The van der Waals surface area contributed by atoms with Gasteiger partial charge < -0.3 is 46.4 Å². The number of β-amino-alcohol motifs (C(OH)–C–C–N with tert-alkyl or cyclic N) is 2. The number of carbonyl (C=O) groups is 5. The van der Waals surface area contributed by atoms with Crippen LogP contribution in [0.25, 0.3) is 20.9 Å². The maximum absolute atomic E-state index is 13.6. The van der Waals surface area contributed by atoms with Gasteiger partial charge in [0.2, 0.25) is 23.6 Å². The maximum Gasteiger partial charge on any atom is 0.408 e. The van der Waals surface area contributed by atoms with Crippen LogP contribution in [0.5, 0.6) is 0 Å². The second-order valence-corrected chi connectivity index (χ2v) is 22.2. The van der Waals surface area contributed by atoms with Crippen LogP contribution in [0.2, 0.25) is 0 Å². The number of thiazole rings is 2. The largest absolute Gasteiger partial charge is 0.444 e. The van der Waals surface area contributed by atoms with Gasteiger partial charge in [-0.05, 0) is 67.7 Å². The molecule has 2 aromatic heterocycles. The first-order valence-electron chi connectivity index (χ1n) is 22.5. The van der Waals surface area contributed by atoms with Crippen molar-refractivity contribution in [2.45, 2.75) is 144 Å². The Morgan fingerprint density at radius 2 is 1.09 bits per heavy atom. The monoisotopic (exact) mass is 996 g/mol. The van der Waals surface area contributed by atoms with Crippen molar-refractivity contribution in [1.29, 1.82) is 0 Å². The number of rotatable bonds is 11. The van der Waals surface area contributed by atoms with Gasteiger partial charge in [0.1, 0.15) is 23.7 Å². The minimum Gasteiger partial charge on any atom is -0.444 e. The average Bonchev–Trinajstić information content (AvgIpc) is 4.06. The van der Waals surface area contributed by atoms with Crippen molar-refractivity contribution < 1.29 is 38.9 Å². The Bertz CT molecular complexity index is 2350. The Balaban J connectivity index is 0.000000298. The Kier molecular flexibility index (Phi) is 18.9. The number of carbonyl (C=O) groups excluding carboxylic acids is 5. The predicted molar refractivity (Wildman–Crippen MR) is 268 cm³/mol. The molecule has 0 radical (unpaired) electrons. The number of aliphatic hydroxyl groups is 2. The molecule has 2 fully saturated rings. The first-order valence-corrected chi connectivity index (χ1v) is 24.3. The molecule has 2 aliphatic rings. The van der Waals surface area contributed by atoms with Gasteiger partial charge in [0, 0.05) is 39.0 Å². The second-order valence-electron chi connectivity index (χ2n) is 20.4. The summed E-state index contributed by atoms with van der Waals surface area (Å²) in [6.45, 7) is 21.1. The number of aryl methyl sites for hydroxylation is 2. The van der Waals surface area contributed by atoms with Crippen molar-refractivity contribution >= 4 is 64.8 Å². The molecule has 4 heterocycles. The van der Waals surface area contributed by atoms with E-state index in [1.165, 1.54) is 9.80 Å². The van der Waals surface area contributed by atoms with Crippen LogP contribution in [-0.2, 0) is 37.0 Å². The fourth-order valence-electron chi connectivity index (χ4n) is 7.72. The van der Waals surface area contributed by atoms with Gasteiger partial charge in [-0.25, -0.2) is 14.8 Å². The summed E-state index contributed by atoms with van der Waals surface area (Å²) in [4.78, 5) is 78.3. The molecule has 4 aromatic rings. The number of hydrogen-bond donors (Lipinski definition) is 6. The molecule has 2 aliphatic heterocycles. The molecule has 0 bridgehead atoms. The van der Waals surface area contributed by atoms with E-state index in [0.29, 0.717) is 6.54 Å². The summed E-state index contributed by atoms with van der Waals surface area (Å²) >= 11 is 3.18. The SMILES string of the molecule is Cc1ncsc1-c1ccc(CNC(=O)[C@@H]2C[C@@H](O)CN2C(=O)[C@@H](N)C(C)(C)C)cc1.Cc1ncsc1-c1ccc(CNC(=O)[C@@H]2C[C@@H](O)CN2C(=O)[C@@H](NC(=O)OC(C)(C)C)C(C)(C)C)cc1.Cl. The second kappa shape index (κ2) is 23.1. The minimum atomic E-state index is -0.939. The van der Waals surface area contributed by atoms with E-state index in [1.807, 2.05) is 115 Å². The zero-order chi connectivity index (χ0) is 49.6. The average molecular weight is 998 g/mol. The van der Waals surface area contributed by atoms with Gasteiger partial charge in [-0.2, -0.15) is 0 Å². The van der Waals surface area contributed by atoms with Gasteiger partial charge in [0.25, 0.3) is 0 Å². The fraction of sp³-hybridized carbons (Fsp3) is 0.531. The van der Waals surface area contributed by atoms with E-state index in [-0.39, 0.29) is 62.6 Å². The number of hydrogen-bond acceptors (Lipinski definition) is 13. The third-order valence-corrected chi connectivity index (χ3v) is 13.5. The van der Waals surface area contributed by atoms with Gasteiger partial charge in [-0.1, -0.05) is 90.1 Å². The molecule has 68 heavy (non-hydrogen) atoms. The predicted octanol–water partition coefficient (Wildman–Crippen LogP) is 6.13. The number of ether oxygens (including phenoxy) is 1. The highest BCUT2D eigenvalue weighted by Gasteiger charge is 2.45. The molecule has 0 spiro atoms. The molecule has 6 atom stereocenters. The van der Waals surface area contributed by atoms with Crippen LogP contribution in [0.1, 0.15) is 97.7 Å². The zero-order valence-corrected chi connectivity index (χ0v) is 43.4. The van der Waals surface area contributed by atoms with E-state index in [4.69, 9.17) is 10.5 Å². The number of benzene rings is 2. The number of likely N-dealkylation sites (tertiary alicyclic amines) is 2. The number of amides is 5. The smallest absolute Gasteiger partial charge is 0.408 e. The Labute approximate surface area is 414 Å². The lowest BCUT2D eigenvalue weighted by Crippen LogP contribution is -2.58. The molecule has 0 saturated carbocycles. The van der Waals surface area contributed by atoms with E-state index < -0.39 is 64.8 Å². The highest BCUT2D eigenvalue weighted by atomic mass is 35.5. The summed E-state index contributed by atoms with van der Waals surface area (Å²) in [5, 5.41) is 28.9. The van der Waals surface area contributed by atoms with E-state index in [2.05, 4.69) is 25.9 Å². The third-order valence-electron chi connectivity index (χ3n) is 11.6. The van der Waals surface area contributed by atoms with Crippen molar-refractivity contribution in [3.05, 3.63) is 82.1 Å². The number of aromatic nitrogens is 2. The lowest BCUT2D eigenvalue weighted by atomic mass is 9.85. The molecule has 372 valence electrons. The molecule has 2 aromatic carbocycles. The van der Waals surface area contributed by atoms with Crippen LogP contribution >= 0.6 is 35.1 Å². The van der Waals surface area contributed by atoms with Gasteiger partial charge in [0.15, 0.2) is 0 Å². The lowest BCUT2D eigenvalue weighted by molar-refractivity contribution is -0.142. The Hall–Kier alpha value is -4.98. The molecular formula is C49H69ClN8O8S2. The highest BCUT2D eigenvalue weighted by Crippen LogP contribution is 2.30. The Morgan fingerprint density at radius 3 is 1.43 bits per heavy atom. The van der Waals surface area contributed by atoms with Gasteiger partial charge in [0.05, 0.1) is 50.4 Å². The number of nitrogens with two attached hydrogens (primary N) is 1. The number of nitrogens with one attached hydrogen (secondary N) is 3. The van der Waals surface area contributed by atoms with Crippen molar-refractivity contribution in [1.82, 2.24) is 35.7 Å². The summed E-state index contributed by atoms with van der Waals surface area (Å²) < 4.78 is 5.35. The fourth-order valence-corrected chi connectivity index (χ4v) is 9.34. The zero-order valence-electron chi connectivity index (χ0n) is 40.9. The minimum absolute atomic E-state index is 0. The van der Waals surface area contributed by atoms with Crippen molar-refractivity contribution in [3.63, 3.8) is 0 Å². The van der Waals surface area contributed by atoms with Crippen molar-refractivity contribution in [2.75, 3.05) is 13.1 Å².